The Morgan fingerprint density at radius 1 is 1.20 bits per heavy atom. The summed E-state index contributed by atoms with van der Waals surface area (Å²) >= 11 is 6.09. The number of halogens is 1. The fourth-order valence-electron chi connectivity index (χ4n) is 5.10. The molecule has 0 N–H and O–H groups in total. The molecular formula is C20H25ClN2O2. The van der Waals surface area contributed by atoms with Crippen LogP contribution in [0.15, 0.2) is 24.3 Å². The average Bonchev–Trinajstić information content (AvgIpc) is 3.14. The van der Waals surface area contributed by atoms with Gasteiger partial charge in [-0.15, -0.1) is 0 Å². The van der Waals surface area contributed by atoms with Crippen molar-refractivity contribution in [3.8, 4) is 0 Å². The third-order valence-corrected chi connectivity index (χ3v) is 6.94. The number of amides is 1. The Bertz CT molecular complexity index is 724. The van der Waals surface area contributed by atoms with Crippen LogP contribution in [0.25, 0.3) is 0 Å². The Balaban J connectivity index is 1.46. The van der Waals surface area contributed by atoms with E-state index >= 15 is 0 Å². The van der Waals surface area contributed by atoms with E-state index in [0.717, 1.165) is 43.1 Å². The van der Waals surface area contributed by atoms with Gasteiger partial charge < -0.3 is 9.80 Å². The summed E-state index contributed by atoms with van der Waals surface area (Å²) in [7, 11) is 0. The molecule has 0 spiro atoms. The van der Waals surface area contributed by atoms with E-state index in [0.29, 0.717) is 19.0 Å². The highest BCUT2D eigenvalue weighted by molar-refractivity contribution is 6.30. The third-order valence-electron chi connectivity index (χ3n) is 6.70. The number of piperazine rings is 1. The monoisotopic (exact) mass is 360 g/mol. The molecule has 1 aliphatic heterocycles. The van der Waals surface area contributed by atoms with Gasteiger partial charge in [0.05, 0.1) is 0 Å². The van der Waals surface area contributed by atoms with Crippen LogP contribution in [0, 0.1) is 16.7 Å². The molecule has 3 fully saturated rings. The predicted octanol–water partition coefficient (Wildman–Crippen LogP) is 3.38. The molecule has 2 unspecified atom stereocenters. The minimum atomic E-state index is -0.730. The molecule has 1 aromatic rings. The van der Waals surface area contributed by atoms with Crippen molar-refractivity contribution < 1.29 is 9.59 Å². The predicted molar refractivity (Wildman–Crippen MR) is 98.8 cm³/mol. The number of nitrogens with zero attached hydrogens (tertiary/aromatic N) is 2. The first-order chi connectivity index (χ1) is 11.8. The lowest BCUT2D eigenvalue weighted by Gasteiger charge is -2.40. The molecule has 1 aromatic carbocycles. The van der Waals surface area contributed by atoms with Crippen molar-refractivity contribution in [1.29, 1.82) is 0 Å². The molecule has 2 saturated carbocycles. The van der Waals surface area contributed by atoms with Crippen LogP contribution in [-0.2, 0) is 9.59 Å². The van der Waals surface area contributed by atoms with Crippen molar-refractivity contribution in [3.05, 3.63) is 29.3 Å². The van der Waals surface area contributed by atoms with Gasteiger partial charge in [-0.3, -0.25) is 9.59 Å². The Kier molecular flexibility index (Phi) is 3.87. The van der Waals surface area contributed by atoms with Crippen LogP contribution < -0.4 is 4.90 Å². The van der Waals surface area contributed by atoms with Gasteiger partial charge in [-0.2, -0.15) is 0 Å². The number of ketones is 1. The molecule has 1 heterocycles. The van der Waals surface area contributed by atoms with Gasteiger partial charge in [-0.05, 0) is 43.4 Å². The van der Waals surface area contributed by atoms with Crippen molar-refractivity contribution in [1.82, 2.24) is 4.90 Å². The van der Waals surface area contributed by atoms with Crippen molar-refractivity contribution in [2.75, 3.05) is 31.1 Å². The van der Waals surface area contributed by atoms with E-state index in [1.54, 1.807) is 0 Å². The highest BCUT2D eigenvalue weighted by Crippen LogP contribution is 2.60. The van der Waals surface area contributed by atoms with Crippen molar-refractivity contribution in [2.24, 2.45) is 16.7 Å². The summed E-state index contributed by atoms with van der Waals surface area (Å²) in [6, 6.07) is 7.83. The number of fused-ring (bicyclic) bond motifs is 2. The Hall–Kier alpha value is -1.55. The van der Waals surface area contributed by atoms with Gasteiger partial charge >= 0.3 is 0 Å². The number of Topliss-reactive ketones (excluding diaryl/α,β-unsaturated/α-hetero) is 1. The minimum absolute atomic E-state index is 0.0799. The summed E-state index contributed by atoms with van der Waals surface area (Å²) in [5.74, 6) is 0.631. The summed E-state index contributed by atoms with van der Waals surface area (Å²) in [5, 5.41) is 0.727. The van der Waals surface area contributed by atoms with Crippen LogP contribution in [0.4, 0.5) is 5.69 Å². The summed E-state index contributed by atoms with van der Waals surface area (Å²) in [6.07, 6.45) is 2.51. The number of carbonyl (C=O) groups excluding carboxylic acids is 2. The Morgan fingerprint density at radius 3 is 2.52 bits per heavy atom. The van der Waals surface area contributed by atoms with E-state index in [1.807, 2.05) is 43.0 Å². The zero-order chi connectivity index (χ0) is 17.8. The second-order valence-electron chi connectivity index (χ2n) is 8.33. The summed E-state index contributed by atoms with van der Waals surface area (Å²) < 4.78 is 0. The van der Waals surface area contributed by atoms with Crippen molar-refractivity contribution in [3.63, 3.8) is 0 Å². The number of hydrogen-bond donors (Lipinski definition) is 0. The van der Waals surface area contributed by atoms with Gasteiger partial charge in [0.1, 0.15) is 5.41 Å². The lowest BCUT2D eigenvalue weighted by atomic mass is 9.70. The highest BCUT2D eigenvalue weighted by Gasteiger charge is 2.65. The first-order valence-corrected chi connectivity index (χ1v) is 9.57. The van der Waals surface area contributed by atoms with Crippen LogP contribution in [0.2, 0.25) is 5.02 Å². The fraction of sp³-hybridized carbons (Fsp3) is 0.600. The average molecular weight is 361 g/mol. The van der Waals surface area contributed by atoms with Crippen LogP contribution in [0.1, 0.15) is 33.1 Å². The Morgan fingerprint density at radius 2 is 1.92 bits per heavy atom. The molecular weight excluding hydrogens is 336 g/mol. The van der Waals surface area contributed by atoms with Gasteiger partial charge in [0.25, 0.3) is 0 Å². The fourth-order valence-corrected chi connectivity index (χ4v) is 5.29. The van der Waals surface area contributed by atoms with E-state index < -0.39 is 5.41 Å². The molecule has 2 atom stereocenters. The van der Waals surface area contributed by atoms with Crippen LogP contribution in [0.3, 0.4) is 0 Å². The molecule has 25 heavy (non-hydrogen) atoms. The van der Waals surface area contributed by atoms with Crippen molar-refractivity contribution in [2.45, 2.75) is 33.1 Å². The molecule has 1 amide bonds. The lowest BCUT2D eigenvalue weighted by Crippen LogP contribution is -2.55. The number of carbonyl (C=O) groups is 2. The molecule has 4 nitrogen and oxygen atoms in total. The number of benzene rings is 1. The maximum absolute atomic E-state index is 13.2. The van der Waals surface area contributed by atoms with Crippen LogP contribution in [0.5, 0.6) is 0 Å². The number of rotatable bonds is 2. The van der Waals surface area contributed by atoms with E-state index in [2.05, 4.69) is 4.90 Å². The first-order valence-electron chi connectivity index (χ1n) is 9.19. The summed E-state index contributed by atoms with van der Waals surface area (Å²) in [5.41, 5.74) is 0.0277. The normalized spacial score (nSPS) is 30.8. The molecule has 0 radical (unpaired) electrons. The maximum atomic E-state index is 13.2. The van der Waals surface area contributed by atoms with Gasteiger partial charge in [-0.1, -0.05) is 31.5 Å². The number of anilines is 1. The maximum Gasteiger partial charge on any atom is 0.236 e. The molecule has 1 saturated heterocycles. The van der Waals surface area contributed by atoms with E-state index in [4.69, 9.17) is 11.6 Å². The third kappa shape index (κ3) is 2.49. The first kappa shape index (κ1) is 16.9. The Labute approximate surface area is 154 Å². The van der Waals surface area contributed by atoms with Gasteiger partial charge in [-0.25, -0.2) is 0 Å². The van der Waals surface area contributed by atoms with Crippen LogP contribution in [-0.4, -0.2) is 42.8 Å². The standard InChI is InChI=1S/C20H25ClN2O2/c1-19(2)14-6-7-20(13-14,17(19)24)18(25)23-10-8-22(9-11-23)16-5-3-4-15(21)12-16/h3-5,12,14H,6-11,13H2,1-2H3. The molecule has 3 aliphatic rings. The lowest BCUT2D eigenvalue weighted by molar-refractivity contribution is -0.151. The molecule has 2 aliphatic carbocycles. The van der Waals surface area contributed by atoms with Gasteiger partial charge in [0.15, 0.2) is 5.78 Å². The molecule has 134 valence electrons. The smallest absolute Gasteiger partial charge is 0.236 e. The number of hydrogen-bond acceptors (Lipinski definition) is 3. The van der Waals surface area contributed by atoms with E-state index in [1.165, 1.54) is 0 Å². The zero-order valence-corrected chi connectivity index (χ0v) is 15.7. The highest BCUT2D eigenvalue weighted by atomic mass is 35.5. The minimum Gasteiger partial charge on any atom is -0.368 e. The van der Waals surface area contributed by atoms with Gasteiger partial charge in [0.2, 0.25) is 5.91 Å². The van der Waals surface area contributed by atoms with E-state index in [-0.39, 0.29) is 17.1 Å². The second-order valence-corrected chi connectivity index (χ2v) is 8.77. The molecule has 0 aromatic heterocycles. The molecule has 2 bridgehead atoms. The topological polar surface area (TPSA) is 40.6 Å². The van der Waals surface area contributed by atoms with Crippen molar-refractivity contribution >= 4 is 29.0 Å². The zero-order valence-electron chi connectivity index (χ0n) is 14.9. The SMILES string of the molecule is CC1(C)C(=O)C2(C(=O)N3CCN(c4cccc(Cl)c4)CC3)CCC1C2. The van der Waals surface area contributed by atoms with Gasteiger partial charge in [0, 0.05) is 42.3 Å². The summed E-state index contributed by atoms with van der Waals surface area (Å²) in [6.45, 7) is 6.94. The van der Waals surface area contributed by atoms with Crippen LogP contribution >= 0.6 is 11.6 Å². The van der Waals surface area contributed by atoms with E-state index in [9.17, 15) is 9.59 Å². The molecule has 4 rings (SSSR count). The molecule has 5 heteroatoms. The quantitative estimate of drug-likeness (QED) is 0.759. The second kappa shape index (κ2) is 5.73. The largest absolute Gasteiger partial charge is 0.368 e. The summed E-state index contributed by atoms with van der Waals surface area (Å²) in [4.78, 5) is 30.4.